The summed E-state index contributed by atoms with van der Waals surface area (Å²) in [5.74, 6) is 0.0401. The molecule has 0 aliphatic heterocycles. The number of unbranched alkanes of at least 4 members (excludes halogenated alkanes) is 1. The molecule has 1 aromatic rings. The van der Waals surface area contributed by atoms with Crippen molar-refractivity contribution in [3.05, 3.63) is 35.4 Å². The maximum absolute atomic E-state index is 11.7. The Morgan fingerprint density at radius 2 is 2.21 bits per heavy atom. The van der Waals surface area contributed by atoms with Gasteiger partial charge in [0.05, 0.1) is 6.54 Å². The molecule has 2 rings (SSSR count). The molecule has 0 heterocycles. The molecule has 2 N–H and O–H groups in total. The van der Waals surface area contributed by atoms with Crippen LogP contribution in [-0.2, 0) is 16.8 Å². The molecule has 1 aromatic carbocycles. The highest BCUT2D eigenvalue weighted by Gasteiger charge is 2.34. The first kappa shape index (κ1) is 14.1. The smallest absolute Gasteiger partial charge is 0.220 e. The van der Waals surface area contributed by atoms with Crippen molar-refractivity contribution in [2.45, 2.75) is 51.0 Å². The molecule has 0 aromatic heterocycles. The second kappa shape index (κ2) is 6.20. The Hall–Kier alpha value is -1.35. The van der Waals surface area contributed by atoms with Crippen LogP contribution in [-0.4, -0.2) is 17.6 Å². The van der Waals surface area contributed by atoms with Crippen LogP contribution in [0.25, 0.3) is 0 Å². The minimum Gasteiger partial charge on any atom is -0.383 e. The molecule has 0 fully saturated rings. The number of aliphatic hydroxyl groups is 1. The number of benzene rings is 1. The monoisotopic (exact) mass is 261 g/mol. The number of amides is 1. The minimum atomic E-state index is -0.892. The number of carbonyl (C=O) groups is 1. The number of fused-ring (bicyclic) bond motifs is 1. The summed E-state index contributed by atoms with van der Waals surface area (Å²) in [6, 6.07) is 8.00. The highest BCUT2D eigenvalue weighted by Crippen LogP contribution is 2.34. The normalized spacial score (nSPS) is 21.8. The Morgan fingerprint density at radius 1 is 1.42 bits per heavy atom. The number of hydrogen-bond acceptors (Lipinski definition) is 2. The summed E-state index contributed by atoms with van der Waals surface area (Å²) in [5.41, 5.74) is 1.30. The molecule has 1 unspecified atom stereocenters. The van der Waals surface area contributed by atoms with E-state index in [0.29, 0.717) is 13.0 Å². The van der Waals surface area contributed by atoms with Crippen LogP contribution in [0.3, 0.4) is 0 Å². The van der Waals surface area contributed by atoms with E-state index in [2.05, 4.69) is 18.3 Å². The third kappa shape index (κ3) is 3.35. The number of nitrogens with one attached hydrogen (secondary N) is 1. The second-order valence-electron chi connectivity index (χ2n) is 5.42. The molecular formula is C16H23NO2. The highest BCUT2D eigenvalue weighted by atomic mass is 16.3. The van der Waals surface area contributed by atoms with Crippen molar-refractivity contribution < 1.29 is 9.90 Å². The fourth-order valence-electron chi connectivity index (χ4n) is 2.75. The van der Waals surface area contributed by atoms with Crippen molar-refractivity contribution in [1.82, 2.24) is 5.32 Å². The van der Waals surface area contributed by atoms with Crippen LogP contribution in [0, 0.1) is 0 Å². The zero-order valence-electron chi connectivity index (χ0n) is 11.6. The lowest BCUT2D eigenvalue weighted by Gasteiger charge is -2.34. The van der Waals surface area contributed by atoms with Crippen molar-refractivity contribution in [2.24, 2.45) is 0 Å². The summed E-state index contributed by atoms with van der Waals surface area (Å²) in [6.07, 6.45) is 5.17. The van der Waals surface area contributed by atoms with Crippen LogP contribution in [0.5, 0.6) is 0 Å². The largest absolute Gasteiger partial charge is 0.383 e. The van der Waals surface area contributed by atoms with Gasteiger partial charge in [-0.3, -0.25) is 4.79 Å². The fourth-order valence-corrected chi connectivity index (χ4v) is 2.75. The predicted octanol–water partition coefficient (Wildman–Crippen LogP) is 2.52. The Labute approximate surface area is 115 Å². The molecule has 3 nitrogen and oxygen atoms in total. The Morgan fingerprint density at radius 3 is 3.00 bits per heavy atom. The summed E-state index contributed by atoms with van der Waals surface area (Å²) in [5, 5.41) is 13.7. The van der Waals surface area contributed by atoms with E-state index in [-0.39, 0.29) is 5.91 Å². The molecule has 0 saturated heterocycles. The van der Waals surface area contributed by atoms with Gasteiger partial charge in [0.1, 0.15) is 5.60 Å². The van der Waals surface area contributed by atoms with Crippen LogP contribution >= 0.6 is 0 Å². The van der Waals surface area contributed by atoms with Crippen LogP contribution in [0.4, 0.5) is 0 Å². The third-order valence-corrected chi connectivity index (χ3v) is 3.89. The van der Waals surface area contributed by atoms with Gasteiger partial charge in [-0.1, -0.05) is 37.6 Å². The zero-order valence-corrected chi connectivity index (χ0v) is 11.6. The topological polar surface area (TPSA) is 49.3 Å². The van der Waals surface area contributed by atoms with E-state index >= 15 is 0 Å². The molecule has 1 aliphatic carbocycles. The lowest BCUT2D eigenvalue weighted by molar-refractivity contribution is -0.122. The molecule has 0 saturated carbocycles. The van der Waals surface area contributed by atoms with E-state index in [1.54, 1.807) is 0 Å². The lowest BCUT2D eigenvalue weighted by atomic mass is 9.79. The molecule has 0 bridgehead atoms. The maximum Gasteiger partial charge on any atom is 0.220 e. The number of hydrogen-bond donors (Lipinski definition) is 2. The average Bonchev–Trinajstić information content (AvgIpc) is 2.44. The van der Waals surface area contributed by atoms with E-state index in [0.717, 1.165) is 37.7 Å². The summed E-state index contributed by atoms with van der Waals surface area (Å²) < 4.78 is 0. The van der Waals surface area contributed by atoms with Gasteiger partial charge in [0.2, 0.25) is 5.91 Å². The molecule has 104 valence electrons. The van der Waals surface area contributed by atoms with Gasteiger partial charge >= 0.3 is 0 Å². The van der Waals surface area contributed by atoms with E-state index in [1.807, 2.05) is 18.2 Å². The first-order valence-corrected chi connectivity index (χ1v) is 7.23. The second-order valence-corrected chi connectivity index (χ2v) is 5.42. The summed E-state index contributed by atoms with van der Waals surface area (Å²) in [7, 11) is 0. The Balaban J connectivity index is 2.01. The van der Waals surface area contributed by atoms with Gasteiger partial charge < -0.3 is 10.4 Å². The van der Waals surface area contributed by atoms with Gasteiger partial charge in [-0.2, -0.15) is 0 Å². The first-order chi connectivity index (χ1) is 9.15. The molecule has 0 spiro atoms. The summed E-state index contributed by atoms with van der Waals surface area (Å²) in [4.78, 5) is 11.7. The van der Waals surface area contributed by atoms with Gasteiger partial charge in [0.25, 0.3) is 0 Å². The van der Waals surface area contributed by atoms with Crippen LogP contribution < -0.4 is 5.32 Å². The average molecular weight is 261 g/mol. The van der Waals surface area contributed by atoms with Gasteiger partial charge in [-0.05, 0) is 36.8 Å². The standard InChI is InChI=1S/C16H23NO2/c1-2-3-10-15(18)17-12-16(19)11-6-8-13-7-4-5-9-14(13)16/h4-5,7,9,19H,2-3,6,8,10-12H2,1H3,(H,17,18). The van der Waals surface area contributed by atoms with Gasteiger partial charge in [-0.25, -0.2) is 0 Å². The molecular weight excluding hydrogens is 238 g/mol. The number of carbonyl (C=O) groups excluding carboxylic acids is 1. The number of aryl methyl sites for hydroxylation is 1. The third-order valence-electron chi connectivity index (χ3n) is 3.89. The van der Waals surface area contributed by atoms with E-state index < -0.39 is 5.60 Å². The van der Waals surface area contributed by atoms with Gasteiger partial charge in [-0.15, -0.1) is 0 Å². The van der Waals surface area contributed by atoms with Crippen molar-refractivity contribution in [3.8, 4) is 0 Å². The summed E-state index contributed by atoms with van der Waals surface area (Å²) >= 11 is 0. The van der Waals surface area contributed by atoms with Crippen molar-refractivity contribution >= 4 is 5.91 Å². The zero-order chi connectivity index (χ0) is 13.7. The van der Waals surface area contributed by atoms with Crippen LogP contribution in [0.1, 0.15) is 50.2 Å². The van der Waals surface area contributed by atoms with Crippen LogP contribution in [0.2, 0.25) is 0 Å². The highest BCUT2D eigenvalue weighted by molar-refractivity contribution is 5.75. The van der Waals surface area contributed by atoms with Crippen LogP contribution in [0.15, 0.2) is 24.3 Å². The Kier molecular flexibility index (Phi) is 4.59. The molecule has 19 heavy (non-hydrogen) atoms. The molecule has 1 atom stereocenters. The Bertz CT molecular complexity index is 444. The predicted molar refractivity (Wildman–Crippen MR) is 75.8 cm³/mol. The maximum atomic E-state index is 11.7. The van der Waals surface area contributed by atoms with Gasteiger partial charge in [0, 0.05) is 6.42 Å². The molecule has 3 heteroatoms. The fraction of sp³-hybridized carbons (Fsp3) is 0.562. The lowest BCUT2D eigenvalue weighted by Crippen LogP contribution is -2.42. The van der Waals surface area contributed by atoms with Crippen molar-refractivity contribution in [3.63, 3.8) is 0 Å². The van der Waals surface area contributed by atoms with E-state index in [1.165, 1.54) is 5.56 Å². The first-order valence-electron chi connectivity index (χ1n) is 7.23. The summed E-state index contributed by atoms with van der Waals surface area (Å²) in [6.45, 7) is 2.39. The molecule has 0 radical (unpaired) electrons. The van der Waals surface area contributed by atoms with E-state index in [4.69, 9.17) is 0 Å². The van der Waals surface area contributed by atoms with Gasteiger partial charge in [0.15, 0.2) is 0 Å². The SMILES string of the molecule is CCCCC(=O)NCC1(O)CCCc2ccccc21. The quantitative estimate of drug-likeness (QED) is 0.855. The minimum absolute atomic E-state index is 0.0401. The number of rotatable bonds is 5. The molecule has 1 amide bonds. The van der Waals surface area contributed by atoms with Crippen molar-refractivity contribution in [2.75, 3.05) is 6.54 Å². The van der Waals surface area contributed by atoms with E-state index in [9.17, 15) is 9.90 Å². The molecule has 1 aliphatic rings. The van der Waals surface area contributed by atoms with Crippen molar-refractivity contribution in [1.29, 1.82) is 0 Å².